The van der Waals surface area contributed by atoms with Crippen molar-refractivity contribution in [2.24, 2.45) is 0 Å². The summed E-state index contributed by atoms with van der Waals surface area (Å²) in [5.74, 6) is 1.32. The zero-order chi connectivity index (χ0) is 19.2. The molecule has 0 saturated carbocycles. The van der Waals surface area contributed by atoms with Gasteiger partial charge in [0.05, 0.1) is 11.0 Å². The summed E-state index contributed by atoms with van der Waals surface area (Å²) in [4.78, 5) is 12.0. The molecule has 27 heavy (non-hydrogen) atoms. The summed E-state index contributed by atoms with van der Waals surface area (Å²) in [6.45, 7) is 4.87. The van der Waals surface area contributed by atoms with Gasteiger partial charge in [-0.2, -0.15) is 0 Å². The fraction of sp³-hybridized carbons (Fsp3) is 0.227. The van der Waals surface area contributed by atoms with Crippen LogP contribution >= 0.6 is 15.9 Å². The number of hydrogen-bond acceptors (Lipinski definition) is 3. The molecular formula is C22H22BrNO3. The highest BCUT2D eigenvalue weighted by Gasteiger charge is 2.08. The molecule has 3 aromatic carbocycles. The highest BCUT2D eigenvalue weighted by atomic mass is 79.9. The molecule has 140 valence electrons. The van der Waals surface area contributed by atoms with Gasteiger partial charge in [-0.25, -0.2) is 0 Å². The fourth-order valence-electron chi connectivity index (χ4n) is 2.75. The van der Waals surface area contributed by atoms with Gasteiger partial charge in [0.25, 0.3) is 5.91 Å². The molecule has 0 saturated heterocycles. The van der Waals surface area contributed by atoms with Gasteiger partial charge in [0, 0.05) is 0 Å². The highest BCUT2D eigenvalue weighted by molar-refractivity contribution is 9.10. The van der Waals surface area contributed by atoms with E-state index in [4.69, 9.17) is 9.47 Å². The molecule has 0 aliphatic rings. The van der Waals surface area contributed by atoms with Crippen molar-refractivity contribution in [2.45, 2.75) is 13.8 Å². The van der Waals surface area contributed by atoms with E-state index in [0.717, 1.165) is 26.6 Å². The third-order valence-electron chi connectivity index (χ3n) is 4.42. The highest BCUT2D eigenvalue weighted by Crippen LogP contribution is 2.32. The maximum absolute atomic E-state index is 12.0. The molecule has 0 fully saturated rings. The average Bonchev–Trinajstić information content (AvgIpc) is 2.68. The van der Waals surface area contributed by atoms with E-state index in [1.54, 1.807) is 0 Å². The number of benzene rings is 3. The van der Waals surface area contributed by atoms with E-state index in [-0.39, 0.29) is 12.5 Å². The van der Waals surface area contributed by atoms with Gasteiger partial charge in [-0.15, -0.1) is 0 Å². The van der Waals surface area contributed by atoms with Crippen LogP contribution in [0, 0.1) is 13.8 Å². The van der Waals surface area contributed by atoms with Gasteiger partial charge < -0.3 is 14.8 Å². The third-order valence-corrected chi connectivity index (χ3v) is 5.24. The number of aryl methyl sites for hydroxylation is 1. The number of amides is 1. The number of hydrogen-bond donors (Lipinski definition) is 1. The number of carbonyl (C=O) groups is 1. The van der Waals surface area contributed by atoms with Gasteiger partial charge in [0.2, 0.25) is 0 Å². The van der Waals surface area contributed by atoms with Crippen LogP contribution in [0.5, 0.6) is 11.5 Å². The van der Waals surface area contributed by atoms with Crippen molar-refractivity contribution in [3.8, 4) is 11.5 Å². The summed E-state index contributed by atoms with van der Waals surface area (Å²) >= 11 is 3.56. The Morgan fingerprint density at radius 1 is 0.963 bits per heavy atom. The quantitative estimate of drug-likeness (QED) is 0.551. The molecule has 0 aromatic heterocycles. The molecule has 0 bridgehead atoms. The SMILES string of the molecule is Cc1cccc(OCCNC(=O)COc2ccc3ccccc3c2Br)c1C. The minimum Gasteiger partial charge on any atom is -0.491 e. The minimum absolute atomic E-state index is 0.0413. The number of halogens is 1. The fourth-order valence-corrected chi connectivity index (χ4v) is 3.36. The molecule has 4 nitrogen and oxygen atoms in total. The number of rotatable bonds is 7. The van der Waals surface area contributed by atoms with Gasteiger partial charge >= 0.3 is 0 Å². The smallest absolute Gasteiger partial charge is 0.258 e. The van der Waals surface area contributed by atoms with Gasteiger partial charge in [-0.1, -0.05) is 42.5 Å². The first-order valence-electron chi connectivity index (χ1n) is 8.82. The summed E-state index contributed by atoms with van der Waals surface area (Å²) in [6.07, 6.45) is 0. The van der Waals surface area contributed by atoms with E-state index in [1.807, 2.05) is 68.4 Å². The van der Waals surface area contributed by atoms with Crippen molar-refractivity contribution in [1.29, 1.82) is 0 Å². The largest absolute Gasteiger partial charge is 0.491 e. The van der Waals surface area contributed by atoms with E-state index in [9.17, 15) is 4.79 Å². The van der Waals surface area contributed by atoms with Gasteiger partial charge in [-0.3, -0.25) is 4.79 Å². The van der Waals surface area contributed by atoms with E-state index in [0.29, 0.717) is 18.9 Å². The minimum atomic E-state index is -0.181. The lowest BCUT2D eigenvalue weighted by molar-refractivity contribution is -0.123. The van der Waals surface area contributed by atoms with Crippen LogP contribution in [0.25, 0.3) is 10.8 Å². The molecule has 1 amide bonds. The lowest BCUT2D eigenvalue weighted by atomic mass is 10.1. The Labute approximate surface area is 167 Å². The molecule has 3 aromatic rings. The molecule has 5 heteroatoms. The Hall–Kier alpha value is -2.53. The molecule has 0 radical (unpaired) electrons. The van der Waals surface area contributed by atoms with E-state index < -0.39 is 0 Å². The predicted octanol–water partition coefficient (Wildman–Crippen LogP) is 4.79. The van der Waals surface area contributed by atoms with Gasteiger partial charge in [-0.05, 0) is 63.8 Å². The molecule has 0 atom stereocenters. The zero-order valence-electron chi connectivity index (χ0n) is 15.4. The van der Waals surface area contributed by atoms with Crippen molar-refractivity contribution >= 4 is 32.6 Å². The van der Waals surface area contributed by atoms with Gasteiger partial charge in [0.15, 0.2) is 6.61 Å². The lowest BCUT2D eigenvalue weighted by Gasteiger charge is -2.12. The second-order valence-electron chi connectivity index (χ2n) is 6.28. The topological polar surface area (TPSA) is 47.6 Å². The lowest BCUT2D eigenvalue weighted by Crippen LogP contribution is -2.32. The summed E-state index contributed by atoms with van der Waals surface area (Å²) in [5.41, 5.74) is 2.30. The van der Waals surface area contributed by atoms with Crippen LogP contribution in [0.4, 0.5) is 0 Å². The molecule has 0 unspecified atom stereocenters. The number of carbonyl (C=O) groups excluding carboxylic acids is 1. The van der Waals surface area contributed by atoms with Crippen LogP contribution in [0.2, 0.25) is 0 Å². The van der Waals surface area contributed by atoms with Crippen LogP contribution < -0.4 is 14.8 Å². The van der Waals surface area contributed by atoms with Crippen LogP contribution in [-0.2, 0) is 4.79 Å². The maximum Gasteiger partial charge on any atom is 0.258 e. The van der Waals surface area contributed by atoms with Crippen LogP contribution in [-0.4, -0.2) is 25.7 Å². The van der Waals surface area contributed by atoms with Crippen molar-refractivity contribution in [3.05, 3.63) is 70.2 Å². The summed E-state index contributed by atoms with van der Waals surface area (Å²) in [7, 11) is 0. The van der Waals surface area contributed by atoms with Crippen LogP contribution in [0.3, 0.4) is 0 Å². The van der Waals surface area contributed by atoms with Gasteiger partial charge in [0.1, 0.15) is 18.1 Å². The average molecular weight is 428 g/mol. The van der Waals surface area contributed by atoms with Crippen LogP contribution in [0.15, 0.2) is 59.1 Å². The van der Waals surface area contributed by atoms with Crippen molar-refractivity contribution < 1.29 is 14.3 Å². The summed E-state index contributed by atoms with van der Waals surface area (Å²) in [5, 5.41) is 4.98. The monoisotopic (exact) mass is 427 g/mol. The van der Waals surface area contributed by atoms with Crippen molar-refractivity contribution in [1.82, 2.24) is 5.32 Å². The van der Waals surface area contributed by atoms with Crippen LogP contribution in [0.1, 0.15) is 11.1 Å². The first-order valence-corrected chi connectivity index (χ1v) is 9.61. The molecule has 0 spiro atoms. The number of nitrogens with one attached hydrogen (secondary N) is 1. The third kappa shape index (κ3) is 4.80. The molecule has 1 N–H and O–H groups in total. The first kappa shape index (κ1) is 19.2. The van der Waals surface area contributed by atoms with E-state index in [2.05, 4.69) is 21.2 Å². The summed E-state index contributed by atoms with van der Waals surface area (Å²) < 4.78 is 12.2. The van der Waals surface area contributed by atoms with Crippen molar-refractivity contribution in [3.63, 3.8) is 0 Å². The van der Waals surface area contributed by atoms with E-state index >= 15 is 0 Å². The Balaban J connectivity index is 1.46. The molecular weight excluding hydrogens is 406 g/mol. The maximum atomic E-state index is 12.0. The normalized spacial score (nSPS) is 10.6. The predicted molar refractivity (Wildman–Crippen MR) is 112 cm³/mol. The number of ether oxygens (including phenoxy) is 2. The summed E-state index contributed by atoms with van der Waals surface area (Å²) in [6, 6.07) is 17.8. The molecule has 3 rings (SSSR count). The van der Waals surface area contributed by atoms with E-state index in [1.165, 1.54) is 5.56 Å². The second-order valence-corrected chi connectivity index (χ2v) is 7.08. The molecule has 0 aliphatic carbocycles. The van der Waals surface area contributed by atoms with Crippen molar-refractivity contribution in [2.75, 3.05) is 19.8 Å². The molecule has 0 heterocycles. The first-order chi connectivity index (χ1) is 13.1. The number of fused-ring (bicyclic) bond motifs is 1. The standard InChI is InChI=1S/C22H22BrNO3/c1-15-6-5-9-19(16(15)2)26-13-12-24-21(25)14-27-20-11-10-17-7-3-4-8-18(17)22(20)23/h3-11H,12-14H2,1-2H3,(H,24,25). The Morgan fingerprint density at radius 3 is 2.63 bits per heavy atom. The molecule has 0 aliphatic heterocycles. The zero-order valence-corrected chi connectivity index (χ0v) is 17.0. The Kier molecular flexibility index (Phi) is 6.35. The second kappa shape index (κ2) is 8.91. The Bertz CT molecular complexity index is 955. The Morgan fingerprint density at radius 2 is 1.78 bits per heavy atom.